The molecule has 0 aliphatic carbocycles. The highest BCUT2D eigenvalue weighted by Crippen LogP contribution is 2.28. The van der Waals surface area contributed by atoms with Crippen molar-refractivity contribution in [2.45, 2.75) is 13.3 Å². The van der Waals surface area contributed by atoms with Crippen LogP contribution in [-0.4, -0.2) is 22.1 Å². The predicted molar refractivity (Wildman–Crippen MR) is 69.4 cm³/mol. The number of rotatable bonds is 3. The zero-order valence-electron chi connectivity index (χ0n) is 10.0. The van der Waals surface area contributed by atoms with Crippen molar-refractivity contribution in [2.75, 3.05) is 0 Å². The van der Waals surface area contributed by atoms with Crippen molar-refractivity contribution in [1.29, 1.82) is 0 Å². The van der Waals surface area contributed by atoms with E-state index in [0.717, 1.165) is 10.1 Å². The topological polar surface area (TPSA) is 59.3 Å². The summed E-state index contributed by atoms with van der Waals surface area (Å²) in [5, 5.41) is 9.92. The van der Waals surface area contributed by atoms with Gasteiger partial charge in [-0.1, -0.05) is 18.2 Å². The third kappa shape index (κ3) is 1.62. The third-order valence-electron chi connectivity index (χ3n) is 3.04. The molecule has 0 aliphatic heterocycles. The van der Waals surface area contributed by atoms with Crippen molar-refractivity contribution in [2.24, 2.45) is 0 Å². The number of hydrogen-bond donors (Lipinski definition) is 1. The van der Waals surface area contributed by atoms with Crippen LogP contribution in [0.1, 0.15) is 21.6 Å². The minimum absolute atomic E-state index is 0.435. The van der Waals surface area contributed by atoms with Gasteiger partial charge >= 0.3 is 6.09 Å². The smallest absolute Gasteiger partial charge is 0.416 e. The van der Waals surface area contributed by atoms with Crippen LogP contribution < -0.4 is 0 Å². The van der Waals surface area contributed by atoms with Crippen LogP contribution in [0, 0.1) is 6.92 Å². The number of aldehydes is 1. The van der Waals surface area contributed by atoms with Gasteiger partial charge in [0.25, 0.3) is 0 Å². The molecule has 1 aromatic carbocycles. The summed E-state index contributed by atoms with van der Waals surface area (Å²) in [5.41, 5.74) is 2.34. The van der Waals surface area contributed by atoms with E-state index >= 15 is 0 Å². The third-order valence-corrected chi connectivity index (χ3v) is 3.04. The zero-order chi connectivity index (χ0) is 13.3. The molecule has 1 aromatic heterocycles. The van der Waals surface area contributed by atoms with Crippen LogP contribution in [0.4, 0.5) is 4.79 Å². The number of nitrogens with zero attached hydrogens (tertiary/aromatic N) is 1. The van der Waals surface area contributed by atoms with E-state index in [1.165, 1.54) is 0 Å². The Morgan fingerprint density at radius 3 is 2.78 bits per heavy atom. The van der Waals surface area contributed by atoms with E-state index in [1.54, 1.807) is 25.1 Å². The SMILES string of the molecule is C=CCc1cccc2c1c(C=O)c(C)n2C(=O)O. The number of benzene rings is 1. The van der Waals surface area contributed by atoms with Gasteiger partial charge in [0.2, 0.25) is 0 Å². The van der Waals surface area contributed by atoms with Crippen molar-refractivity contribution in [3.05, 3.63) is 47.7 Å². The summed E-state index contributed by atoms with van der Waals surface area (Å²) in [5.74, 6) is 0. The first-order valence-electron chi connectivity index (χ1n) is 5.54. The molecule has 0 spiro atoms. The molecule has 18 heavy (non-hydrogen) atoms. The molecule has 2 rings (SSSR count). The molecular formula is C14H13NO3. The monoisotopic (exact) mass is 243 g/mol. The number of carbonyl (C=O) groups excluding carboxylic acids is 1. The van der Waals surface area contributed by atoms with Gasteiger partial charge in [-0.2, -0.15) is 0 Å². The van der Waals surface area contributed by atoms with Crippen molar-refractivity contribution < 1.29 is 14.7 Å². The number of allylic oxidation sites excluding steroid dienone is 1. The van der Waals surface area contributed by atoms with Crippen molar-refractivity contribution in [1.82, 2.24) is 4.57 Å². The Morgan fingerprint density at radius 2 is 2.22 bits per heavy atom. The van der Waals surface area contributed by atoms with Gasteiger partial charge in [0.1, 0.15) is 0 Å². The molecule has 0 saturated carbocycles. The molecule has 0 fully saturated rings. The summed E-state index contributed by atoms with van der Waals surface area (Å²) >= 11 is 0. The normalized spacial score (nSPS) is 10.5. The lowest BCUT2D eigenvalue weighted by molar-refractivity contribution is 0.112. The van der Waals surface area contributed by atoms with Gasteiger partial charge in [-0.25, -0.2) is 9.36 Å². The largest absolute Gasteiger partial charge is 0.464 e. The molecule has 1 N–H and O–H groups in total. The van der Waals surface area contributed by atoms with E-state index in [1.807, 2.05) is 6.07 Å². The Morgan fingerprint density at radius 1 is 1.50 bits per heavy atom. The lowest BCUT2D eigenvalue weighted by atomic mass is 10.0. The highest BCUT2D eigenvalue weighted by Gasteiger charge is 2.19. The summed E-state index contributed by atoms with van der Waals surface area (Å²) in [4.78, 5) is 22.5. The van der Waals surface area contributed by atoms with Crippen LogP contribution in [0.5, 0.6) is 0 Å². The van der Waals surface area contributed by atoms with E-state index in [0.29, 0.717) is 34.9 Å². The fourth-order valence-corrected chi connectivity index (χ4v) is 2.28. The minimum atomic E-state index is -1.08. The fourth-order valence-electron chi connectivity index (χ4n) is 2.28. The molecule has 0 atom stereocenters. The Kier molecular flexibility index (Phi) is 3.02. The van der Waals surface area contributed by atoms with E-state index in [9.17, 15) is 14.7 Å². The maximum atomic E-state index is 11.3. The molecule has 4 heteroatoms. The van der Waals surface area contributed by atoms with Crippen LogP contribution in [0.2, 0.25) is 0 Å². The van der Waals surface area contributed by atoms with E-state index in [-0.39, 0.29) is 0 Å². The van der Waals surface area contributed by atoms with Crippen LogP contribution in [0.15, 0.2) is 30.9 Å². The number of carboxylic acid groups (broad SMARTS) is 1. The number of carbonyl (C=O) groups is 2. The minimum Gasteiger partial charge on any atom is -0.464 e. The first-order valence-corrected chi connectivity index (χ1v) is 5.54. The first-order chi connectivity index (χ1) is 8.61. The average molecular weight is 243 g/mol. The van der Waals surface area contributed by atoms with E-state index in [2.05, 4.69) is 6.58 Å². The van der Waals surface area contributed by atoms with Crippen molar-refractivity contribution in [3.8, 4) is 0 Å². The standard InChI is InChI=1S/C14H13NO3/c1-3-5-10-6-4-7-12-13(10)11(8-16)9(2)15(12)14(17)18/h3-4,6-8H,1,5H2,2H3,(H,17,18). The van der Waals surface area contributed by atoms with Crippen molar-refractivity contribution >= 4 is 23.3 Å². The van der Waals surface area contributed by atoms with E-state index < -0.39 is 6.09 Å². The molecular weight excluding hydrogens is 230 g/mol. The summed E-state index contributed by atoms with van der Waals surface area (Å²) in [6.45, 7) is 5.31. The maximum absolute atomic E-state index is 11.3. The van der Waals surface area contributed by atoms with Gasteiger partial charge in [-0.05, 0) is 25.0 Å². The highest BCUT2D eigenvalue weighted by molar-refractivity contribution is 6.04. The average Bonchev–Trinajstić information content (AvgIpc) is 2.62. The maximum Gasteiger partial charge on any atom is 0.416 e. The number of hydrogen-bond acceptors (Lipinski definition) is 2. The van der Waals surface area contributed by atoms with Gasteiger partial charge in [0, 0.05) is 16.6 Å². The Labute approximate surface area is 104 Å². The summed E-state index contributed by atoms with van der Waals surface area (Å²) in [7, 11) is 0. The Bertz CT molecular complexity index is 653. The van der Waals surface area contributed by atoms with Crippen LogP contribution in [-0.2, 0) is 6.42 Å². The highest BCUT2D eigenvalue weighted by atomic mass is 16.4. The van der Waals surface area contributed by atoms with Crippen LogP contribution in [0.3, 0.4) is 0 Å². The van der Waals surface area contributed by atoms with Crippen molar-refractivity contribution in [3.63, 3.8) is 0 Å². The van der Waals surface area contributed by atoms with Gasteiger partial charge in [-0.3, -0.25) is 4.79 Å². The summed E-state index contributed by atoms with van der Waals surface area (Å²) in [6, 6.07) is 5.37. The molecule has 2 aromatic rings. The van der Waals surface area contributed by atoms with Gasteiger partial charge < -0.3 is 5.11 Å². The number of aromatic nitrogens is 1. The summed E-state index contributed by atoms with van der Waals surface area (Å²) < 4.78 is 1.14. The Balaban J connectivity index is 2.94. The molecule has 0 amide bonds. The molecule has 92 valence electrons. The molecule has 0 saturated heterocycles. The molecule has 0 aliphatic rings. The lowest BCUT2D eigenvalue weighted by Crippen LogP contribution is -2.09. The molecule has 0 radical (unpaired) electrons. The van der Waals surface area contributed by atoms with Crippen LogP contribution in [0.25, 0.3) is 10.9 Å². The first kappa shape index (κ1) is 12.1. The second-order valence-electron chi connectivity index (χ2n) is 4.04. The van der Waals surface area contributed by atoms with Gasteiger partial charge in [0.05, 0.1) is 5.52 Å². The Hall–Kier alpha value is -2.36. The summed E-state index contributed by atoms with van der Waals surface area (Å²) in [6.07, 6.45) is 1.96. The predicted octanol–water partition coefficient (Wildman–Crippen LogP) is 3.02. The van der Waals surface area contributed by atoms with Crippen LogP contribution >= 0.6 is 0 Å². The fraction of sp³-hybridized carbons (Fsp3) is 0.143. The zero-order valence-corrected chi connectivity index (χ0v) is 10.0. The quantitative estimate of drug-likeness (QED) is 0.665. The number of fused-ring (bicyclic) bond motifs is 1. The molecule has 4 nitrogen and oxygen atoms in total. The van der Waals surface area contributed by atoms with Gasteiger partial charge in [0.15, 0.2) is 6.29 Å². The second-order valence-corrected chi connectivity index (χ2v) is 4.04. The second kappa shape index (κ2) is 4.49. The molecule has 0 bridgehead atoms. The lowest BCUT2D eigenvalue weighted by Gasteiger charge is -2.02. The molecule has 1 heterocycles. The van der Waals surface area contributed by atoms with Gasteiger partial charge in [-0.15, -0.1) is 6.58 Å². The van der Waals surface area contributed by atoms with E-state index in [4.69, 9.17) is 0 Å². The molecule has 0 unspecified atom stereocenters.